The molecule has 0 radical (unpaired) electrons. The van der Waals surface area contributed by atoms with E-state index in [0.29, 0.717) is 13.0 Å². The number of carboxylic acids is 1. The van der Waals surface area contributed by atoms with Crippen LogP contribution >= 0.6 is 0 Å². The Morgan fingerprint density at radius 3 is 2.78 bits per heavy atom. The van der Waals surface area contributed by atoms with Crippen LogP contribution in [0.15, 0.2) is 0 Å². The summed E-state index contributed by atoms with van der Waals surface area (Å²) < 4.78 is 31.5. The lowest BCUT2D eigenvalue weighted by molar-refractivity contribution is -0.137. The Balaban J connectivity index is 2.51. The van der Waals surface area contributed by atoms with E-state index in [2.05, 4.69) is 4.72 Å². The molecule has 0 aromatic heterocycles. The van der Waals surface area contributed by atoms with Gasteiger partial charge in [-0.25, -0.2) is 13.1 Å². The fourth-order valence-electron chi connectivity index (χ4n) is 2.08. The van der Waals surface area contributed by atoms with Gasteiger partial charge in [0.25, 0.3) is 0 Å². The van der Waals surface area contributed by atoms with Crippen LogP contribution in [-0.2, 0) is 19.6 Å². The van der Waals surface area contributed by atoms with Gasteiger partial charge in [-0.15, -0.1) is 0 Å². The van der Waals surface area contributed by atoms with Gasteiger partial charge in [-0.2, -0.15) is 0 Å². The summed E-state index contributed by atoms with van der Waals surface area (Å²) in [5, 5.41) is 8.73. The zero-order chi connectivity index (χ0) is 13.6. The van der Waals surface area contributed by atoms with Crippen LogP contribution < -0.4 is 4.72 Å². The second-order valence-corrected chi connectivity index (χ2v) is 6.42. The SMILES string of the molecule is CCCC(CC(=O)O)NS(=O)(=O)CC1CCCO1. The molecule has 1 aliphatic rings. The number of hydrogen-bond donors (Lipinski definition) is 2. The minimum atomic E-state index is -3.47. The van der Waals surface area contributed by atoms with E-state index in [-0.39, 0.29) is 18.3 Å². The third-order valence-electron chi connectivity index (χ3n) is 2.83. The van der Waals surface area contributed by atoms with Crippen molar-refractivity contribution in [3.63, 3.8) is 0 Å². The van der Waals surface area contributed by atoms with E-state index in [1.54, 1.807) is 0 Å². The number of carbonyl (C=O) groups is 1. The van der Waals surface area contributed by atoms with Crippen molar-refractivity contribution in [2.75, 3.05) is 12.4 Å². The largest absolute Gasteiger partial charge is 0.481 e. The molecule has 2 unspecified atom stereocenters. The van der Waals surface area contributed by atoms with Crippen LogP contribution in [0.4, 0.5) is 0 Å². The molecular formula is C11H21NO5S. The molecule has 6 nitrogen and oxygen atoms in total. The topological polar surface area (TPSA) is 92.7 Å². The fraction of sp³-hybridized carbons (Fsp3) is 0.909. The van der Waals surface area contributed by atoms with E-state index < -0.39 is 22.0 Å². The lowest BCUT2D eigenvalue weighted by Crippen LogP contribution is -2.40. The Kier molecular flexibility index (Phi) is 6.04. The zero-order valence-corrected chi connectivity index (χ0v) is 11.4. The van der Waals surface area contributed by atoms with Gasteiger partial charge in [0.15, 0.2) is 0 Å². The molecule has 1 heterocycles. The van der Waals surface area contributed by atoms with Crippen LogP contribution in [0.5, 0.6) is 0 Å². The lowest BCUT2D eigenvalue weighted by Gasteiger charge is -2.17. The van der Waals surface area contributed by atoms with Gasteiger partial charge in [0, 0.05) is 12.6 Å². The molecule has 18 heavy (non-hydrogen) atoms. The summed E-state index contributed by atoms with van der Waals surface area (Å²) in [6.45, 7) is 2.50. The molecule has 0 aliphatic carbocycles. The molecule has 2 N–H and O–H groups in total. The van der Waals surface area contributed by atoms with Crippen molar-refractivity contribution >= 4 is 16.0 Å². The summed E-state index contributed by atoms with van der Waals surface area (Å²) >= 11 is 0. The molecule has 106 valence electrons. The molecular weight excluding hydrogens is 258 g/mol. The standard InChI is InChI=1S/C11H21NO5S/c1-2-4-9(7-11(13)14)12-18(15,16)8-10-5-3-6-17-10/h9-10,12H,2-8H2,1H3,(H,13,14). The van der Waals surface area contributed by atoms with Crippen LogP contribution in [0.2, 0.25) is 0 Å². The second-order valence-electron chi connectivity index (χ2n) is 4.62. The Morgan fingerprint density at radius 1 is 1.56 bits per heavy atom. The molecule has 2 atom stereocenters. The number of sulfonamides is 1. The first-order valence-electron chi connectivity index (χ1n) is 6.26. The summed E-state index contributed by atoms with van der Waals surface area (Å²) in [7, 11) is -3.47. The first kappa shape index (κ1) is 15.4. The van der Waals surface area contributed by atoms with Gasteiger partial charge in [-0.05, 0) is 19.3 Å². The van der Waals surface area contributed by atoms with Gasteiger partial charge < -0.3 is 9.84 Å². The molecule has 1 fully saturated rings. The lowest BCUT2D eigenvalue weighted by atomic mass is 10.1. The van der Waals surface area contributed by atoms with E-state index in [9.17, 15) is 13.2 Å². The Hall–Kier alpha value is -0.660. The normalized spacial score (nSPS) is 21.9. The first-order chi connectivity index (χ1) is 8.43. The smallest absolute Gasteiger partial charge is 0.304 e. The number of rotatable bonds is 8. The van der Waals surface area contributed by atoms with Crippen LogP contribution in [0.1, 0.15) is 39.0 Å². The third-order valence-corrected chi connectivity index (χ3v) is 4.34. The summed E-state index contributed by atoms with van der Waals surface area (Å²) in [6.07, 6.45) is 2.46. The van der Waals surface area contributed by atoms with E-state index >= 15 is 0 Å². The maximum absolute atomic E-state index is 11.9. The minimum absolute atomic E-state index is 0.0766. The molecule has 0 amide bonds. The van der Waals surface area contributed by atoms with Crippen molar-refractivity contribution in [3.05, 3.63) is 0 Å². The molecule has 0 spiro atoms. The van der Waals surface area contributed by atoms with Crippen LogP contribution in [-0.4, -0.2) is 44.0 Å². The molecule has 7 heteroatoms. The highest BCUT2D eigenvalue weighted by molar-refractivity contribution is 7.89. The van der Waals surface area contributed by atoms with E-state index in [0.717, 1.165) is 19.3 Å². The average Bonchev–Trinajstić information content (AvgIpc) is 2.67. The van der Waals surface area contributed by atoms with Crippen molar-refractivity contribution in [1.82, 2.24) is 4.72 Å². The summed E-state index contributed by atoms with van der Waals surface area (Å²) in [5.41, 5.74) is 0. The average molecular weight is 279 g/mol. The number of ether oxygens (including phenoxy) is 1. The van der Waals surface area contributed by atoms with Crippen molar-refractivity contribution < 1.29 is 23.1 Å². The van der Waals surface area contributed by atoms with Crippen LogP contribution in [0.25, 0.3) is 0 Å². The number of hydrogen-bond acceptors (Lipinski definition) is 4. The third kappa shape index (κ3) is 5.79. The Labute approximate surface area is 108 Å². The quantitative estimate of drug-likeness (QED) is 0.683. The first-order valence-corrected chi connectivity index (χ1v) is 7.91. The monoisotopic (exact) mass is 279 g/mol. The van der Waals surface area contributed by atoms with Crippen LogP contribution in [0.3, 0.4) is 0 Å². The van der Waals surface area contributed by atoms with Gasteiger partial charge >= 0.3 is 5.97 Å². The van der Waals surface area contributed by atoms with Gasteiger partial charge in [-0.3, -0.25) is 4.79 Å². The molecule has 0 bridgehead atoms. The van der Waals surface area contributed by atoms with Gasteiger partial charge in [0.1, 0.15) is 0 Å². The highest BCUT2D eigenvalue weighted by Gasteiger charge is 2.26. The highest BCUT2D eigenvalue weighted by Crippen LogP contribution is 2.14. The molecule has 0 aromatic carbocycles. The maximum Gasteiger partial charge on any atom is 0.304 e. The van der Waals surface area contributed by atoms with E-state index in [1.807, 2.05) is 6.92 Å². The van der Waals surface area contributed by atoms with Crippen molar-refractivity contribution in [1.29, 1.82) is 0 Å². The van der Waals surface area contributed by atoms with Gasteiger partial charge in [-0.1, -0.05) is 13.3 Å². The zero-order valence-electron chi connectivity index (χ0n) is 10.6. The predicted molar refractivity (Wildman–Crippen MR) is 66.8 cm³/mol. The molecule has 1 saturated heterocycles. The Bertz CT molecular complexity index is 362. The summed E-state index contributed by atoms with van der Waals surface area (Å²) in [6, 6.07) is -0.529. The van der Waals surface area contributed by atoms with Crippen molar-refractivity contribution in [3.8, 4) is 0 Å². The Morgan fingerprint density at radius 2 is 2.28 bits per heavy atom. The van der Waals surface area contributed by atoms with Gasteiger partial charge in [0.05, 0.1) is 18.3 Å². The number of aliphatic carboxylic acids is 1. The summed E-state index contributed by atoms with van der Waals surface area (Å²) in [4.78, 5) is 10.7. The molecule has 1 aliphatic heterocycles. The second kappa shape index (κ2) is 7.06. The predicted octanol–water partition coefficient (Wildman–Crippen LogP) is 0.728. The fourth-order valence-corrected chi connectivity index (χ4v) is 3.64. The van der Waals surface area contributed by atoms with Crippen molar-refractivity contribution in [2.24, 2.45) is 0 Å². The van der Waals surface area contributed by atoms with Crippen LogP contribution in [0, 0.1) is 0 Å². The van der Waals surface area contributed by atoms with E-state index in [1.165, 1.54) is 0 Å². The molecule has 1 rings (SSSR count). The summed E-state index contributed by atoms with van der Waals surface area (Å²) in [5.74, 6) is -1.07. The van der Waals surface area contributed by atoms with E-state index in [4.69, 9.17) is 9.84 Å². The minimum Gasteiger partial charge on any atom is -0.481 e. The number of nitrogens with one attached hydrogen (secondary N) is 1. The molecule has 0 aromatic rings. The van der Waals surface area contributed by atoms with Gasteiger partial charge in [0.2, 0.25) is 10.0 Å². The molecule has 0 saturated carbocycles. The maximum atomic E-state index is 11.9. The highest BCUT2D eigenvalue weighted by atomic mass is 32.2. The van der Waals surface area contributed by atoms with Crippen molar-refractivity contribution in [2.45, 2.75) is 51.2 Å². The number of carboxylic acid groups (broad SMARTS) is 1.